The second-order valence-corrected chi connectivity index (χ2v) is 8.94. The molecule has 1 aliphatic heterocycles. The van der Waals surface area contributed by atoms with Crippen molar-refractivity contribution in [2.24, 2.45) is 5.41 Å². The number of amides is 1. The Balaban J connectivity index is 1.39. The van der Waals surface area contributed by atoms with E-state index in [9.17, 15) is 9.90 Å². The van der Waals surface area contributed by atoms with Gasteiger partial charge in [0.25, 0.3) is 0 Å². The van der Waals surface area contributed by atoms with Gasteiger partial charge in [-0.2, -0.15) is 5.10 Å². The number of benzene rings is 1. The summed E-state index contributed by atoms with van der Waals surface area (Å²) in [7, 11) is 1.67. The van der Waals surface area contributed by atoms with E-state index in [0.717, 1.165) is 55.7 Å². The lowest BCUT2D eigenvalue weighted by Crippen LogP contribution is -2.49. The number of ether oxygens (including phenoxy) is 1. The molecule has 1 unspecified atom stereocenters. The largest absolute Gasteiger partial charge is 0.497 e. The first kappa shape index (κ1) is 20.9. The number of nitrogens with zero attached hydrogens (tertiary/aromatic N) is 2. The molecule has 2 aliphatic rings. The Morgan fingerprint density at radius 2 is 2.17 bits per heavy atom. The molecule has 2 N–H and O–H groups in total. The Kier molecular flexibility index (Phi) is 6.42. The predicted molar refractivity (Wildman–Crippen MR) is 116 cm³/mol. The molecule has 4 rings (SSSR count). The number of H-pyrrole nitrogens is 1. The lowest BCUT2D eigenvalue weighted by Gasteiger charge is -2.42. The maximum absolute atomic E-state index is 13.0. The van der Waals surface area contributed by atoms with Crippen molar-refractivity contribution in [3.63, 3.8) is 0 Å². The number of likely N-dealkylation sites (tertiary alicyclic amines) is 1. The molecular formula is C24H33N3O3. The minimum Gasteiger partial charge on any atom is -0.497 e. The van der Waals surface area contributed by atoms with Crippen molar-refractivity contribution in [3.8, 4) is 5.75 Å². The Bertz CT molecular complexity index is 878. The number of carbonyl (C=O) groups is 1. The van der Waals surface area contributed by atoms with Gasteiger partial charge in [-0.3, -0.25) is 9.89 Å². The zero-order valence-electron chi connectivity index (χ0n) is 18.0. The first-order valence-electron chi connectivity index (χ1n) is 11.2. The van der Waals surface area contributed by atoms with Crippen molar-refractivity contribution in [3.05, 3.63) is 46.8 Å². The summed E-state index contributed by atoms with van der Waals surface area (Å²) in [5.41, 5.74) is 4.53. The average Bonchev–Trinajstić information content (AvgIpc) is 3.21. The first-order chi connectivity index (χ1) is 14.6. The monoisotopic (exact) mass is 411 g/mol. The topological polar surface area (TPSA) is 78.5 Å². The third-order valence-electron chi connectivity index (χ3n) is 6.78. The molecule has 2 aromatic rings. The third-order valence-corrected chi connectivity index (χ3v) is 6.78. The van der Waals surface area contributed by atoms with Crippen LogP contribution in [0.3, 0.4) is 0 Å². The van der Waals surface area contributed by atoms with Crippen molar-refractivity contribution in [2.45, 2.75) is 57.8 Å². The van der Waals surface area contributed by atoms with Crippen LogP contribution in [-0.4, -0.2) is 52.9 Å². The molecule has 0 bridgehead atoms. The highest BCUT2D eigenvalue weighted by Crippen LogP contribution is 2.34. The minimum atomic E-state index is -0.286. The number of aromatic nitrogens is 2. The van der Waals surface area contributed by atoms with Gasteiger partial charge in [0, 0.05) is 37.0 Å². The van der Waals surface area contributed by atoms with E-state index >= 15 is 0 Å². The van der Waals surface area contributed by atoms with Gasteiger partial charge < -0.3 is 14.7 Å². The summed E-state index contributed by atoms with van der Waals surface area (Å²) in [5, 5.41) is 17.9. The van der Waals surface area contributed by atoms with Gasteiger partial charge in [0.15, 0.2) is 0 Å². The molecule has 0 spiro atoms. The number of rotatable bonds is 7. The van der Waals surface area contributed by atoms with E-state index in [-0.39, 0.29) is 17.9 Å². The Hall–Kier alpha value is -2.34. The summed E-state index contributed by atoms with van der Waals surface area (Å²) < 4.78 is 5.34. The van der Waals surface area contributed by atoms with E-state index in [1.54, 1.807) is 7.11 Å². The van der Waals surface area contributed by atoms with Crippen LogP contribution >= 0.6 is 0 Å². The Labute approximate surface area is 178 Å². The van der Waals surface area contributed by atoms with Gasteiger partial charge >= 0.3 is 0 Å². The van der Waals surface area contributed by atoms with Crippen molar-refractivity contribution in [1.82, 2.24) is 15.1 Å². The fourth-order valence-corrected chi connectivity index (χ4v) is 5.11. The van der Waals surface area contributed by atoms with Gasteiger partial charge in [0.05, 0.1) is 19.4 Å². The summed E-state index contributed by atoms with van der Waals surface area (Å²) in [6.07, 6.45) is 8.36. The number of nitrogens with one attached hydrogen (secondary N) is 1. The highest BCUT2D eigenvalue weighted by atomic mass is 16.5. The fraction of sp³-hybridized carbons (Fsp3) is 0.583. The number of hydrogen-bond acceptors (Lipinski definition) is 4. The molecule has 1 aromatic carbocycles. The van der Waals surface area contributed by atoms with E-state index in [0.29, 0.717) is 19.4 Å². The summed E-state index contributed by atoms with van der Waals surface area (Å²) in [5.74, 6) is 0.998. The number of hydrogen-bond donors (Lipinski definition) is 2. The van der Waals surface area contributed by atoms with Gasteiger partial charge in [0.1, 0.15) is 5.75 Å². The number of aliphatic hydroxyl groups excluding tert-OH is 1. The van der Waals surface area contributed by atoms with Crippen molar-refractivity contribution >= 4 is 5.91 Å². The second kappa shape index (κ2) is 9.21. The molecule has 1 saturated heterocycles. The molecule has 1 amide bonds. The number of piperidine rings is 1. The number of methoxy groups -OCH3 is 1. The van der Waals surface area contributed by atoms with E-state index in [1.165, 1.54) is 24.1 Å². The van der Waals surface area contributed by atoms with Gasteiger partial charge in [-0.05, 0) is 68.2 Å². The predicted octanol–water partition coefficient (Wildman–Crippen LogP) is 3.07. The van der Waals surface area contributed by atoms with Crippen LogP contribution in [0.2, 0.25) is 0 Å². The number of aromatic amines is 1. The minimum absolute atomic E-state index is 0.0842. The van der Waals surface area contributed by atoms with Gasteiger partial charge in [0.2, 0.25) is 5.91 Å². The van der Waals surface area contributed by atoms with Gasteiger partial charge in [-0.1, -0.05) is 12.1 Å². The molecule has 30 heavy (non-hydrogen) atoms. The second-order valence-electron chi connectivity index (χ2n) is 8.94. The SMILES string of the molecule is COc1cccc(CC2(CO)CCCN(C(=O)CCc3n[nH]c4c3CCCC4)C2)c1. The quantitative estimate of drug-likeness (QED) is 0.734. The molecule has 2 heterocycles. The summed E-state index contributed by atoms with van der Waals surface area (Å²) >= 11 is 0. The number of aliphatic hydroxyl groups is 1. The fourth-order valence-electron chi connectivity index (χ4n) is 5.11. The third kappa shape index (κ3) is 4.53. The van der Waals surface area contributed by atoms with Gasteiger partial charge in [-0.15, -0.1) is 0 Å². The van der Waals surface area contributed by atoms with Crippen LogP contribution in [0.15, 0.2) is 24.3 Å². The zero-order valence-corrected chi connectivity index (χ0v) is 18.0. The standard InChI is InChI=1S/C24H33N3O3/c1-30-19-7-4-6-18(14-19)15-24(17-28)12-5-13-27(16-24)23(29)11-10-22-20-8-2-3-9-21(20)25-26-22/h4,6-7,14,28H,2-3,5,8-13,15-17H2,1H3,(H,25,26). The summed E-state index contributed by atoms with van der Waals surface area (Å²) in [4.78, 5) is 15.0. The smallest absolute Gasteiger partial charge is 0.222 e. The van der Waals surface area contributed by atoms with E-state index in [2.05, 4.69) is 16.3 Å². The number of fused-ring (bicyclic) bond motifs is 1. The van der Waals surface area contributed by atoms with E-state index < -0.39 is 0 Å². The number of aryl methyl sites for hydroxylation is 2. The molecule has 1 aromatic heterocycles. The maximum atomic E-state index is 13.0. The van der Waals surface area contributed by atoms with Gasteiger partial charge in [-0.25, -0.2) is 0 Å². The average molecular weight is 412 g/mol. The molecule has 1 atom stereocenters. The molecule has 6 heteroatoms. The highest BCUT2D eigenvalue weighted by molar-refractivity contribution is 5.76. The zero-order chi connectivity index (χ0) is 21.0. The van der Waals surface area contributed by atoms with Crippen molar-refractivity contribution in [2.75, 3.05) is 26.8 Å². The van der Waals surface area contributed by atoms with Crippen LogP contribution in [0, 0.1) is 5.41 Å². The summed E-state index contributed by atoms with van der Waals surface area (Å²) in [6, 6.07) is 8.01. The molecule has 0 radical (unpaired) electrons. The van der Waals surface area contributed by atoms with Crippen LogP contribution in [-0.2, 0) is 30.5 Å². The maximum Gasteiger partial charge on any atom is 0.222 e. The van der Waals surface area contributed by atoms with Crippen molar-refractivity contribution in [1.29, 1.82) is 0 Å². The summed E-state index contributed by atoms with van der Waals surface area (Å²) in [6.45, 7) is 1.47. The van der Waals surface area contributed by atoms with Crippen LogP contribution < -0.4 is 4.74 Å². The van der Waals surface area contributed by atoms with Crippen LogP contribution in [0.4, 0.5) is 0 Å². The Morgan fingerprint density at radius 1 is 1.30 bits per heavy atom. The molecule has 1 fully saturated rings. The molecular weight excluding hydrogens is 378 g/mol. The lowest BCUT2D eigenvalue weighted by atomic mass is 9.75. The van der Waals surface area contributed by atoms with E-state index in [1.807, 2.05) is 23.1 Å². The van der Waals surface area contributed by atoms with Crippen molar-refractivity contribution < 1.29 is 14.6 Å². The Morgan fingerprint density at radius 3 is 3.00 bits per heavy atom. The normalized spacial score (nSPS) is 21.3. The van der Waals surface area contributed by atoms with E-state index in [4.69, 9.17) is 4.74 Å². The van der Waals surface area contributed by atoms with Crippen LogP contribution in [0.5, 0.6) is 5.75 Å². The molecule has 0 saturated carbocycles. The lowest BCUT2D eigenvalue weighted by molar-refractivity contribution is -0.135. The molecule has 162 valence electrons. The van der Waals surface area contributed by atoms with Crippen LogP contribution in [0.1, 0.15) is 54.6 Å². The first-order valence-corrected chi connectivity index (χ1v) is 11.2. The molecule has 6 nitrogen and oxygen atoms in total. The highest BCUT2D eigenvalue weighted by Gasteiger charge is 2.37. The number of carbonyl (C=O) groups excluding carboxylic acids is 1. The molecule has 1 aliphatic carbocycles. The van der Waals surface area contributed by atoms with Crippen LogP contribution in [0.25, 0.3) is 0 Å².